The zero-order chi connectivity index (χ0) is 9.97. The molecule has 70 valence electrons. The summed E-state index contributed by atoms with van der Waals surface area (Å²) in [6.45, 7) is 2.02. The maximum absolute atomic E-state index is 10.8. The van der Waals surface area contributed by atoms with Gasteiger partial charge in [0.15, 0.2) is 0 Å². The number of aryl methyl sites for hydroxylation is 1. The van der Waals surface area contributed by atoms with Crippen LogP contribution >= 0.6 is 0 Å². The van der Waals surface area contributed by atoms with Crippen LogP contribution in [0.2, 0.25) is 0 Å². The largest absolute Gasteiger partial charge is 0.268 e. The molecule has 1 aromatic heterocycles. The van der Waals surface area contributed by atoms with Crippen LogP contribution in [0.15, 0.2) is 41.2 Å². The summed E-state index contributed by atoms with van der Waals surface area (Å²) in [7, 11) is 0. The molecular formula is C11H10N2O. The molecule has 1 heterocycles. The monoisotopic (exact) mass is 186 g/mol. The van der Waals surface area contributed by atoms with Gasteiger partial charge in [0, 0.05) is 11.6 Å². The maximum Gasteiger partial charge on any atom is 0.264 e. The molecule has 2 aromatic rings. The van der Waals surface area contributed by atoms with E-state index in [-0.39, 0.29) is 5.56 Å². The number of benzene rings is 1. The number of aromatic amines is 1. The van der Waals surface area contributed by atoms with Crippen LogP contribution in [-0.2, 0) is 0 Å². The SMILES string of the molecule is Cc1ccccc1-c1ccc(=O)[nH]n1. The van der Waals surface area contributed by atoms with Gasteiger partial charge < -0.3 is 0 Å². The molecule has 0 aliphatic carbocycles. The van der Waals surface area contributed by atoms with Crippen molar-refractivity contribution in [3.8, 4) is 11.3 Å². The minimum absolute atomic E-state index is 0.178. The van der Waals surface area contributed by atoms with Crippen LogP contribution < -0.4 is 5.56 Å². The van der Waals surface area contributed by atoms with E-state index >= 15 is 0 Å². The minimum Gasteiger partial charge on any atom is -0.268 e. The average molecular weight is 186 g/mol. The first-order chi connectivity index (χ1) is 6.77. The predicted octanol–water partition coefficient (Wildman–Crippen LogP) is 1.75. The molecular weight excluding hydrogens is 176 g/mol. The van der Waals surface area contributed by atoms with Crippen LogP contribution in [0, 0.1) is 6.92 Å². The van der Waals surface area contributed by atoms with E-state index in [0.717, 1.165) is 16.8 Å². The number of nitrogens with one attached hydrogen (secondary N) is 1. The molecule has 0 amide bonds. The van der Waals surface area contributed by atoms with Gasteiger partial charge in [0.25, 0.3) is 5.56 Å². The summed E-state index contributed by atoms with van der Waals surface area (Å²) in [5, 5.41) is 6.39. The van der Waals surface area contributed by atoms with Crippen LogP contribution in [0.3, 0.4) is 0 Å². The van der Waals surface area contributed by atoms with Crippen LogP contribution in [-0.4, -0.2) is 10.2 Å². The average Bonchev–Trinajstić information content (AvgIpc) is 2.20. The first-order valence-electron chi connectivity index (χ1n) is 4.39. The highest BCUT2D eigenvalue weighted by molar-refractivity contribution is 5.62. The fourth-order valence-corrected chi connectivity index (χ4v) is 1.35. The van der Waals surface area contributed by atoms with Gasteiger partial charge in [-0.2, -0.15) is 5.10 Å². The van der Waals surface area contributed by atoms with Gasteiger partial charge in [-0.15, -0.1) is 0 Å². The summed E-state index contributed by atoms with van der Waals surface area (Å²) in [5.41, 5.74) is 2.81. The third-order valence-corrected chi connectivity index (χ3v) is 2.10. The van der Waals surface area contributed by atoms with E-state index in [1.165, 1.54) is 6.07 Å². The molecule has 0 unspecified atom stereocenters. The van der Waals surface area contributed by atoms with Gasteiger partial charge in [0.05, 0.1) is 5.69 Å². The summed E-state index contributed by atoms with van der Waals surface area (Å²) in [5.74, 6) is 0. The maximum atomic E-state index is 10.8. The molecule has 3 heteroatoms. The van der Waals surface area contributed by atoms with Crippen LogP contribution in [0.5, 0.6) is 0 Å². The lowest BCUT2D eigenvalue weighted by molar-refractivity contribution is 0.994. The molecule has 1 N–H and O–H groups in total. The second-order valence-electron chi connectivity index (χ2n) is 3.12. The normalized spacial score (nSPS) is 10.1. The number of H-pyrrole nitrogens is 1. The van der Waals surface area contributed by atoms with E-state index in [0.29, 0.717) is 0 Å². The fourth-order valence-electron chi connectivity index (χ4n) is 1.35. The van der Waals surface area contributed by atoms with Gasteiger partial charge in [0.2, 0.25) is 0 Å². The molecule has 0 aliphatic heterocycles. The third kappa shape index (κ3) is 1.57. The van der Waals surface area contributed by atoms with E-state index in [2.05, 4.69) is 10.2 Å². The lowest BCUT2D eigenvalue weighted by Gasteiger charge is -2.02. The quantitative estimate of drug-likeness (QED) is 0.737. The molecule has 0 bridgehead atoms. The van der Waals surface area contributed by atoms with Crippen molar-refractivity contribution in [3.05, 3.63) is 52.3 Å². The van der Waals surface area contributed by atoms with Gasteiger partial charge in [-0.25, -0.2) is 5.10 Å². The Labute approximate surface area is 81.4 Å². The highest BCUT2D eigenvalue weighted by Gasteiger charge is 2.01. The Morgan fingerprint density at radius 2 is 1.93 bits per heavy atom. The molecule has 0 spiro atoms. The van der Waals surface area contributed by atoms with E-state index < -0.39 is 0 Å². The first-order valence-corrected chi connectivity index (χ1v) is 4.39. The second kappa shape index (κ2) is 3.46. The highest BCUT2D eigenvalue weighted by atomic mass is 16.1. The summed E-state index contributed by atoms with van der Waals surface area (Å²) in [4.78, 5) is 10.8. The van der Waals surface area contributed by atoms with Crippen molar-refractivity contribution in [2.45, 2.75) is 6.92 Å². The molecule has 0 radical (unpaired) electrons. The van der Waals surface area contributed by atoms with Crippen molar-refractivity contribution in [1.29, 1.82) is 0 Å². The van der Waals surface area contributed by atoms with Gasteiger partial charge in [0.1, 0.15) is 0 Å². The Bertz CT molecular complexity index is 482. The van der Waals surface area contributed by atoms with E-state index in [1.54, 1.807) is 6.07 Å². The van der Waals surface area contributed by atoms with Gasteiger partial charge in [-0.1, -0.05) is 24.3 Å². The number of hydrogen-bond acceptors (Lipinski definition) is 2. The molecule has 2 rings (SSSR count). The lowest BCUT2D eigenvalue weighted by Crippen LogP contribution is -2.05. The Balaban J connectivity index is 2.55. The highest BCUT2D eigenvalue weighted by Crippen LogP contribution is 2.18. The standard InChI is InChI=1S/C11H10N2O/c1-8-4-2-3-5-9(8)10-6-7-11(14)13-12-10/h2-7H,1H3,(H,13,14). The molecule has 0 atom stereocenters. The first kappa shape index (κ1) is 8.69. The Morgan fingerprint density at radius 1 is 1.14 bits per heavy atom. The van der Waals surface area contributed by atoms with Crippen molar-refractivity contribution in [2.24, 2.45) is 0 Å². The summed E-state index contributed by atoms with van der Waals surface area (Å²) < 4.78 is 0. The molecule has 1 aromatic carbocycles. The molecule has 3 nitrogen and oxygen atoms in total. The van der Waals surface area contributed by atoms with E-state index in [1.807, 2.05) is 31.2 Å². The summed E-state index contributed by atoms with van der Waals surface area (Å²) in [6.07, 6.45) is 0. The predicted molar refractivity (Wildman–Crippen MR) is 55.0 cm³/mol. The Kier molecular flexibility index (Phi) is 2.14. The minimum atomic E-state index is -0.178. The number of rotatable bonds is 1. The van der Waals surface area contributed by atoms with Crippen molar-refractivity contribution in [1.82, 2.24) is 10.2 Å². The van der Waals surface area contributed by atoms with Crippen molar-refractivity contribution >= 4 is 0 Å². The topological polar surface area (TPSA) is 45.8 Å². The Hall–Kier alpha value is -1.90. The van der Waals surface area contributed by atoms with Gasteiger partial charge in [-0.05, 0) is 18.6 Å². The smallest absolute Gasteiger partial charge is 0.264 e. The second-order valence-corrected chi connectivity index (χ2v) is 3.12. The van der Waals surface area contributed by atoms with E-state index in [9.17, 15) is 4.79 Å². The van der Waals surface area contributed by atoms with Crippen molar-refractivity contribution in [2.75, 3.05) is 0 Å². The summed E-state index contributed by atoms with van der Waals surface area (Å²) >= 11 is 0. The molecule has 0 fully saturated rings. The fraction of sp³-hybridized carbons (Fsp3) is 0.0909. The third-order valence-electron chi connectivity index (χ3n) is 2.10. The molecule has 0 aliphatic rings. The van der Waals surface area contributed by atoms with Crippen LogP contribution in [0.1, 0.15) is 5.56 Å². The van der Waals surface area contributed by atoms with Crippen LogP contribution in [0.4, 0.5) is 0 Å². The van der Waals surface area contributed by atoms with Gasteiger partial charge in [-0.3, -0.25) is 4.79 Å². The number of hydrogen-bond donors (Lipinski definition) is 1. The number of aromatic nitrogens is 2. The zero-order valence-corrected chi connectivity index (χ0v) is 7.82. The molecule has 14 heavy (non-hydrogen) atoms. The van der Waals surface area contributed by atoms with Gasteiger partial charge >= 0.3 is 0 Å². The number of nitrogens with zero attached hydrogens (tertiary/aromatic N) is 1. The summed E-state index contributed by atoms with van der Waals surface area (Å²) in [6, 6.07) is 11.1. The van der Waals surface area contributed by atoms with Crippen molar-refractivity contribution in [3.63, 3.8) is 0 Å². The zero-order valence-electron chi connectivity index (χ0n) is 7.82. The lowest BCUT2D eigenvalue weighted by atomic mass is 10.1. The molecule has 0 saturated carbocycles. The van der Waals surface area contributed by atoms with E-state index in [4.69, 9.17) is 0 Å². The van der Waals surface area contributed by atoms with Crippen molar-refractivity contribution < 1.29 is 0 Å². The molecule has 0 saturated heterocycles. The Morgan fingerprint density at radius 3 is 2.57 bits per heavy atom. The van der Waals surface area contributed by atoms with Crippen LogP contribution in [0.25, 0.3) is 11.3 Å².